The number of nitrogens with zero attached hydrogens (tertiary/aromatic N) is 2. The predicted molar refractivity (Wildman–Crippen MR) is 116 cm³/mol. The first-order valence-electron chi connectivity index (χ1n) is 11.9. The molecule has 26 heavy (non-hydrogen) atoms. The Hall–Kier alpha value is -0.550. The normalized spacial score (nSPS) is 11.6. The van der Waals surface area contributed by atoms with E-state index in [1.807, 2.05) is 0 Å². The largest absolute Gasteiger partial charge is 0.325 e. The first-order valence-corrected chi connectivity index (χ1v) is 11.9. The van der Waals surface area contributed by atoms with Crippen LogP contribution in [0.4, 0.5) is 0 Å². The van der Waals surface area contributed by atoms with E-state index in [0.717, 1.165) is 11.0 Å². The summed E-state index contributed by atoms with van der Waals surface area (Å²) >= 11 is 0. The van der Waals surface area contributed by atoms with Gasteiger partial charge >= 0.3 is 0 Å². The van der Waals surface area contributed by atoms with Crippen molar-refractivity contribution in [1.29, 1.82) is 5.26 Å². The van der Waals surface area contributed by atoms with Crippen LogP contribution in [0.2, 0.25) is 0 Å². The average molecular weight is 366 g/mol. The number of unbranched alkanes of at least 4 members (excludes halogenated alkanes) is 14. The van der Waals surface area contributed by atoms with Gasteiger partial charge in [-0.3, -0.25) is 0 Å². The minimum atomic E-state index is 0.713. The third kappa shape index (κ3) is 16.9. The van der Waals surface area contributed by atoms with Crippen molar-refractivity contribution in [3.05, 3.63) is 0 Å². The molecule has 0 aromatic carbocycles. The van der Waals surface area contributed by atoms with E-state index in [1.54, 1.807) is 0 Å². The lowest BCUT2D eigenvalue weighted by atomic mass is 10.1. The zero-order chi connectivity index (χ0) is 19.3. The third-order valence-corrected chi connectivity index (χ3v) is 5.87. The van der Waals surface area contributed by atoms with Crippen molar-refractivity contribution >= 4 is 0 Å². The van der Waals surface area contributed by atoms with Gasteiger partial charge in [0.25, 0.3) is 0 Å². The fourth-order valence-electron chi connectivity index (χ4n) is 3.91. The fourth-order valence-corrected chi connectivity index (χ4v) is 3.91. The highest BCUT2D eigenvalue weighted by Gasteiger charge is 2.20. The Balaban J connectivity index is 3.80. The van der Waals surface area contributed by atoms with Crippen LogP contribution in [0.15, 0.2) is 0 Å². The summed E-state index contributed by atoms with van der Waals surface area (Å²) in [7, 11) is 2.39. The van der Waals surface area contributed by atoms with E-state index < -0.39 is 0 Å². The molecule has 0 amide bonds. The molecule has 0 saturated heterocycles. The van der Waals surface area contributed by atoms with Crippen LogP contribution < -0.4 is 0 Å². The lowest BCUT2D eigenvalue weighted by Crippen LogP contribution is -2.46. The average Bonchev–Trinajstić information content (AvgIpc) is 2.64. The molecule has 0 N–H and O–H groups in total. The number of hydrogen-bond donors (Lipinski definition) is 0. The second-order valence-corrected chi connectivity index (χ2v) is 8.65. The number of nitriles is 1. The molecule has 2 heteroatoms. The summed E-state index contributed by atoms with van der Waals surface area (Å²) in [5, 5.41) is 8.99. The molecule has 2 nitrogen and oxygen atoms in total. The Morgan fingerprint density at radius 1 is 0.538 bits per heavy atom. The first kappa shape index (κ1) is 25.4. The molecular weight excluding hydrogens is 316 g/mol. The summed E-state index contributed by atoms with van der Waals surface area (Å²) in [4.78, 5) is 0. The first-order chi connectivity index (χ1) is 12.7. The highest BCUT2D eigenvalue weighted by molar-refractivity contribution is 4.68. The quantitative estimate of drug-likeness (QED) is 0.161. The monoisotopic (exact) mass is 365 g/mol. The standard InChI is InChI=1S/C24H49N2/c1-4-6-8-10-12-14-16-18-22-26(3,24-20-21-25)23-19-17-15-13-11-9-7-5-2/h4-20,22-24H2,1-3H3/q+1. The van der Waals surface area contributed by atoms with E-state index in [4.69, 9.17) is 5.26 Å². The van der Waals surface area contributed by atoms with E-state index in [0.29, 0.717) is 6.42 Å². The van der Waals surface area contributed by atoms with Gasteiger partial charge in [-0.1, -0.05) is 90.9 Å². The van der Waals surface area contributed by atoms with E-state index in [9.17, 15) is 0 Å². The van der Waals surface area contributed by atoms with Gasteiger partial charge in [-0.05, 0) is 25.7 Å². The van der Waals surface area contributed by atoms with Gasteiger partial charge in [0.2, 0.25) is 0 Å². The molecule has 0 unspecified atom stereocenters. The van der Waals surface area contributed by atoms with Gasteiger partial charge in [-0.15, -0.1) is 0 Å². The fraction of sp³-hybridized carbons (Fsp3) is 0.958. The maximum absolute atomic E-state index is 8.99. The summed E-state index contributed by atoms with van der Waals surface area (Å²) in [6.07, 6.45) is 23.0. The lowest BCUT2D eigenvalue weighted by molar-refractivity contribution is -0.909. The second-order valence-electron chi connectivity index (χ2n) is 8.65. The molecule has 0 aromatic heterocycles. The zero-order valence-electron chi connectivity index (χ0n) is 18.5. The van der Waals surface area contributed by atoms with Gasteiger partial charge < -0.3 is 4.48 Å². The van der Waals surface area contributed by atoms with Gasteiger partial charge in [0, 0.05) is 0 Å². The molecular formula is C24H49N2+. The van der Waals surface area contributed by atoms with Crippen molar-refractivity contribution in [2.75, 3.05) is 26.7 Å². The molecule has 0 radical (unpaired) electrons. The van der Waals surface area contributed by atoms with Crippen molar-refractivity contribution in [2.24, 2.45) is 0 Å². The maximum Gasteiger partial charge on any atom is 0.0916 e. The SMILES string of the molecule is CCCCCCCCCC[N+](C)(CCC#N)CCCCCCCCCC. The Morgan fingerprint density at radius 2 is 0.885 bits per heavy atom. The van der Waals surface area contributed by atoms with Crippen LogP contribution >= 0.6 is 0 Å². The molecule has 0 bridgehead atoms. The summed E-state index contributed by atoms with van der Waals surface area (Å²) in [5.41, 5.74) is 0. The molecule has 0 saturated carbocycles. The van der Waals surface area contributed by atoms with Crippen molar-refractivity contribution < 1.29 is 4.48 Å². The van der Waals surface area contributed by atoms with Gasteiger partial charge in [0.1, 0.15) is 0 Å². The van der Waals surface area contributed by atoms with Crippen molar-refractivity contribution in [3.63, 3.8) is 0 Å². The summed E-state index contributed by atoms with van der Waals surface area (Å²) < 4.78 is 1.12. The molecule has 0 aliphatic heterocycles. The zero-order valence-corrected chi connectivity index (χ0v) is 18.5. The summed E-state index contributed by atoms with van der Waals surface area (Å²) in [6, 6.07) is 2.37. The summed E-state index contributed by atoms with van der Waals surface area (Å²) in [6.45, 7) is 8.16. The van der Waals surface area contributed by atoms with Crippen molar-refractivity contribution in [1.82, 2.24) is 0 Å². The molecule has 0 heterocycles. The van der Waals surface area contributed by atoms with Crippen LogP contribution in [-0.2, 0) is 0 Å². The molecule has 0 rings (SSSR count). The van der Waals surface area contributed by atoms with Gasteiger partial charge in [-0.25, -0.2) is 0 Å². The number of rotatable bonds is 20. The Morgan fingerprint density at radius 3 is 1.23 bits per heavy atom. The third-order valence-electron chi connectivity index (χ3n) is 5.87. The van der Waals surface area contributed by atoms with Crippen LogP contribution in [0.25, 0.3) is 0 Å². The van der Waals surface area contributed by atoms with Crippen LogP contribution in [-0.4, -0.2) is 31.2 Å². The van der Waals surface area contributed by atoms with Gasteiger partial charge in [0.05, 0.1) is 39.2 Å². The van der Waals surface area contributed by atoms with E-state index in [-0.39, 0.29) is 0 Å². The van der Waals surface area contributed by atoms with Crippen LogP contribution in [0.5, 0.6) is 0 Å². The molecule has 0 fully saturated rings. The summed E-state index contributed by atoms with van der Waals surface area (Å²) in [5.74, 6) is 0. The Labute approximate surface area is 165 Å². The van der Waals surface area contributed by atoms with Crippen molar-refractivity contribution in [2.45, 2.75) is 123 Å². The lowest BCUT2D eigenvalue weighted by Gasteiger charge is -2.34. The highest BCUT2D eigenvalue weighted by Crippen LogP contribution is 2.15. The molecule has 0 aliphatic carbocycles. The second kappa shape index (κ2) is 19.2. The van der Waals surface area contributed by atoms with Gasteiger partial charge in [-0.2, -0.15) is 5.26 Å². The number of quaternary nitrogens is 1. The van der Waals surface area contributed by atoms with Crippen LogP contribution in [0, 0.1) is 11.3 Å². The minimum absolute atomic E-state index is 0.713. The number of hydrogen-bond acceptors (Lipinski definition) is 1. The Kier molecular flexibility index (Phi) is 18.8. The van der Waals surface area contributed by atoms with E-state index in [1.165, 1.54) is 116 Å². The molecule has 0 spiro atoms. The maximum atomic E-state index is 8.99. The molecule has 0 atom stereocenters. The van der Waals surface area contributed by atoms with E-state index >= 15 is 0 Å². The topological polar surface area (TPSA) is 23.8 Å². The molecule has 154 valence electrons. The van der Waals surface area contributed by atoms with Gasteiger partial charge in [0.15, 0.2) is 0 Å². The van der Waals surface area contributed by atoms with Crippen molar-refractivity contribution in [3.8, 4) is 6.07 Å². The van der Waals surface area contributed by atoms with E-state index in [2.05, 4.69) is 27.0 Å². The molecule has 0 aliphatic rings. The highest BCUT2D eigenvalue weighted by atomic mass is 15.3. The molecule has 0 aromatic rings. The van der Waals surface area contributed by atoms with Crippen LogP contribution in [0.3, 0.4) is 0 Å². The Bertz CT molecular complexity index is 299. The minimum Gasteiger partial charge on any atom is -0.325 e. The van der Waals surface area contributed by atoms with Crippen LogP contribution in [0.1, 0.15) is 123 Å². The predicted octanol–water partition coefficient (Wildman–Crippen LogP) is 7.63. The smallest absolute Gasteiger partial charge is 0.0916 e.